The molecule has 1 amide bonds. The molecule has 0 saturated carbocycles. The number of rotatable bonds is 2. The lowest BCUT2D eigenvalue weighted by Crippen LogP contribution is -2.55. The Labute approximate surface area is 166 Å². The molecule has 4 aliphatic rings. The van der Waals surface area contributed by atoms with Crippen LogP contribution in [0.4, 0.5) is 0 Å². The third-order valence-corrected chi connectivity index (χ3v) is 8.03. The van der Waals surface area contributed by atoms with Crippen molar-refractivity contribution in [1.82, 2.24) is 9.80 Å². The van der Waals surface area contributed by atoms with Crippen LogP contribution in [0.25, 0.3) is 0 Å². The average molecular weight is 373 g/mol. The number of carbonyl (C=O) groups is 1. The van der Waals surface area contributed by atoms with E-state index in [4.69, 9.17) is 0 Å². The summed E-state index contributed by atoms with van der Waals surface area (Å²) in [5.74, 6) is 1.89. The maximum atomic E-state index is 12.2. The van der Waals surface area contributed by atoms with Crippen molar-refractivity contribution in [2.75, 3.05) is 6.54 Å². The Morgan fingerprint density at radius 2 is 1.85 bits per heavy atom. The molecule has 3 heteroatoms. The van der Waals surface area contributed by atoms with Crippen molar-refractivity contribution in [3.05, 3.63) is 11.1 Å². The minimum absolute atomic E-state index is 0.280. The van der Waals surface area contributed by atoms with Gasteiger partial charge in [0.1, 0.15) is 0 Å². The molecule has 1 aliphatic carbocycles. The largest absolute Gasteiger partial charge is 0.336 e. The van der Waals surface area contributed by atoms with Gasteiger partial charge in [0, 0.05) is 31.6 Å². The number of nitrogens with zero attached hydrogens (tertiary/aromatic N) is 2. The van der Waals surface area contributed by atoms with E-state index < -0.39 is 0 Å². The normalized spacial score (nSPS) is 40.5. The summed E-state index contributed by atoms with van der Waals surface area (Å²) in [5.41, 5.74) is 3.40. The van der Waals surface area contributed by atoms with Gasteiger partial charge in [-0.05, 0) is 82.1 Å². The van der Waals surface area contributed by atoms with Crippen LogP contribution in [0.3, 0.4) is 0 Å². The third kappa shape index (κ3) is 3.86. The Bertz CT molecular complexity index is 597. The third-order valence-electron chi connectivity index (χ3n) is 8.03. The van der Waals surface area contributed by atoms with Gasteiger partial charge in [0.15, 0.2) is 0 Å². The van der Waals surface area contributed by atoms with E-state index in [0.29, 0.717) is 12.0 Å². The zero-order valence-corrected chi connectivity index (χ0v) is 18.0. The number of fused-ring (bicyclic) bond motifs is 2. The Hall–Kier alpha value is -0.830. The first-order chi connectivity index (χ1) is 12.9. The van der Waals surface area contributed by atoms with Crippen LogP contribution in [0, 0.1) is 11.8 Å². The second-order valence-electron chi connectivity index (χ2n) is 10.3. The van der Waals surface area contributed by atoms with E-state index in [2.05, 4.69) is 30.6 Å². The molecule has 0 aromatic rings. The molecule has 6 atom stereocenters. The van der Waals surface area contributed by atoms with Gasteiger partial charge in [-0.1, -0.05) is 25.8 Å². The minimum Gasteiger partial charge on any atom is -0.336 e. The molecular weight excluding hydrogens is 332 g/mol. The monoisotopic (exact) mass is 372 g/mol. The molecule has 0 aromatic carbocycles. The average Bonchev–Trinajstić information content (AvgIpc) is 2.60. The first kappa shape index (κ1) is 19.5. The van der Waals surface area contributed by atoms with E-state index >= 15 is 0 Å². The number of hydrogen-bond donors (Lipinski definition) is 0. The van der Waals surface area contributed by atoms with Gasteiger partial charge in [-0.2, -0.15) is 0 Å². The predicted octanol–water partition coefficient (Wildman–Crippen LogP) is 5.16. The molecular formula is C24H40N2O. The van der Waals surface area contributed by atoms with Crippen molar-refractivity contribution >= 4 is 5.91 Å². The molecule has 27 heavy (non-hydrogen) atoms. The van der Waals surface area contributed by atoms with Crippen molar-refractivity contribution in [2.45, 2.75) is 116 Å². The molecule has 3 fully saturated rings. The summed E-state index contributed by atoms with van der Waals surface area (Å²) >= 11 is 0. The molecule has 3 saturated heterocycles. The van der Waals surface area contributed by atoms with E-state index in [1.165, 1.54) is 57.8 Å². The highest BCUT2D eigenvalue weighted by molar-refractivity contribution is 5.74. The summed E-state index contributed by atoms with van der Waals surface area (Å²) in [6.45, 7) is 10.1. The standard InChI is InChI=1S/C24H40N2O/c1-16-11-18(3)26-21(13-16)7-5-8-22(26)15-20-12-17(2)14-24-23(20)9-6-10-25(24)19(4)27/h16-18,21-22,24H,5-15H2,1-4H3. The van der Waals surface area contributed by atoms with Crippen LogP contribution in [-0.4, -0.2) is 46.4 Å². The number of piperidine rings is 3. The van der Waals surface area contributed by atoms with E-state index in [1.54, 1.807) is 18.1 Å². The van der Waals surface area contributed by atoms with E-state index in [0.717, 1.165) is 37.0 Å². The number of likely N-dealkylation sites (tertiary alicyclic amines) is 1. The van der Waals surface area contributed by atoms with Crippen LogP contribution in [0.5, 0.6) is 0 Å². The molecule has 152 valence electrons. The Kier molecular flexibility index (Phi) is 5.69. The Balaban J connectivity index is 1.57. The molecule has 3 aliphatic heterocycles. The molecule has 6 unspecified atom stereocenters. The molecule has 0 spiro atoms. The molecule has 0 N–H and O–H groups in total. The smallest absolute Gasteiger partial charge is 0.219 e. The summed E-state index contributed by atoms with van der Waals surface area (Å²) in [5, 5.41) is 0. The van der Waals surface area contributed by atoms with Crippen molar-refractivity contribution in [2.24, 2.45) is 11.8 Å². The molecule has 0 radical (unpaired) electrons. The highest BCUT2D eigenvalue weighted by atomic mass is 16.2. The fourth-order valence-corrected chi connectivity index (χ4v) is 7.14. The first-order valence-corrected chi connectivity index (χ1v) is 11.7. The zero-order chi connectivity index (χ0) is 19.1. The van der Waals surface area contributed by atoms with Gasteiger partial charge >= 0.3 is 0 Å². The zero-order valence-electron chi connectivity index (χ0n) is 18.0. The molecule has 3 nitrogen and oxygen atoms in total. The van der Waals surface area contributed by atoms with Gasteiger partial charge in [0.25, 0.3) is 0 Å². The fraction of sp³-hybridized carbons (Fsp3) is 0.875. The van der Waals surface area contributed by atoms with Gasteiger partial charge in [-0.3, -0.25) is 9.69 Å². The van der Waals surface area contributed by atoms with Crippen LogP contribution in [0.2, 0.25) is 0 Å². The number of carbonyl (C=O) groups excluding carboxylic acids is 1. The maximum absolute atomic E-state index is 12.2. The minimum atomic E-state index is 0.280. The first-order valence-electron chi connectivity index (χ1n) is 11.7. The van der Waals surface area contributed by atoms with Crippen molar-refractivity contribution in [3.8, 4) is 0 Å². The summed E-state index contributed by atoms with van der Waals surface area (Å²) < 4.78 is 0. The SMILES string of the molecule is CC(=O)N1CCCC2=C(CC3CCCC4CC(C)CC(C)N34)CC(C)CC21. The van der Waals surface area contributed by atoms with E-state index in [9.17, 15) is 4.79 Å². The lowest BCUT2D eigenvalue weighted by molar-refractivity contribution is -0.131. The van der Waals surface area contributed by atoms with Crippen molar-refractivity contribution < 1.29 is 4.79 Å². The van der Waals surface area contributed by atoms with Crippen molar-refractivity contribution in [3.63, 3.8) is 0 Å². The molecule has 0 bridgehead atoms. The molecule has 3 heterocycles. The highest BCUT2D eigenvalue weighted by Crippen LogP contribution is 2.43. The lowest BCUT2D eigenvalue weighted by Gasteiger charge is -2.51. The fourth-order valence-electron chi connectivity index (χ4n) is 7.14. The quantitative estimate of drug-likeness (QED) is 0.625. The summed E-state index contributed by atoms with van der Waals surface area (Å²) in [4.78, 5) is 17.3. The lowest BCUT2D eigenvalue weighted by atomic mass is 9.73. The number of hydrogen-bond acceptors (Lipinski definition) is 2. The van der Waals surface area contributed by atoms with E-state index in [1.807, 2.05) is 0 Å². The van der Waals surface area contributed by atoms with Gasteiger partial charge in [0.2, 0.25) is 5.91 Å². The second-order valence-corrected chi connectivity index (χ2v) is 10.3. The summed E-state index contributed by atoms with van der Waals surface area (Å²) in [6, 6.07) is 2.72. The van der Waals surface area contributed by atoms with Crippen LogP contribution in [0.15, 0.2) is 11.1 Å². The Morgan fingerprint density at radius 1 is 1.04 bits per heavy atom. The maximum Gasteiger partial charge on any atom is 0.219 e. The van der Waals surface area contributed by atoms with Gasteiger partial charge in [-0.25, -0.2) is 0 Å². The number of amides is 1. The van der Waals surface area contributed by atoms with E-state index in [-0.39, 0.29) is 5.91 Å². The van der Waals surface area contributed by atoms with Crippen LogP contribution in [0.1, 0.15) is 91.9 Å². The second kappa shape index (κ2) is 7.89. The molecule has 4 rings (SSSR count). The van der Waals surface area contributed by atoms with Crippen molar-refractivity contribution in [1.29, 1.82) is 0 Å². The van der Waals surface area contributed by atoms with Gasteiger partial charge in [-0.15, -0.1) is 0 Å². The van der Waals surface area contributed by atoms with Crippen LogP contribution < -0.4 is 0 Å². The van der Waals surface area contributed by atoms with Crippen LogP contribution in [-0.2, 0) is 4.79 Å². The Morgan fingerprint density at radius 3 is 2.63 bits per heavy atom. The predicted molar refractivity (Wildman–Crippen MR) is 112 cm³/mol. The summed E-state index contributed by atoms with van der Waals surface area (Å²) in [6.07, 6.45) is 13.1. The topological polar surface area (TPSA) is 23.6 Å². The molecule has 0 aromatic heterocycles. The van der Waals surface area contributed by atoms with Gasteiger partial charge in [0.05, 0.1) is 6.04 Å². The van der Waals surface area contributed by atoms with Gasteiger partial charge < -0.3 is 4.90 Å². The highest BCUT2D eigenvalue weighted by Gasteiger charge is 2.40. The van der Waals surface area contributed by atoms with Crippen LogP contribution >= 0.6 is 0 Å². The summed E-state index contributed by atoms with van der Waals surface area (Å²) in [7, 11) is 0.